The minimum atomic E-state index is 0.618. The Bertz CT molecular complexity index is 252. The molecule has 1 aromatic rings. The highest BCUT2D eigenvalue weighted by Gasteiger charge is 2.10. The lowest BCUT2D eigenvalue weighted by molar-refractivity contribution is 0.637. The molecule has 1 aromatic heterocycles. The molecule has 0 aliphatic carbocycles. The van der Waals surface area contributed by atoms with Gasteiger partial charge >= 0.3 is 0 Å². The Morgan fingerprint density at radius 1 is 1.21 bits per heavy atom. The second-order valence-electron chi connectivity index (χ2n) is 3.76. The third-order valence-corrected chi connectivity index (χ3v) is 2.63. The van der Waals surface area contributed by atoms with Gasteiger partial charge in [-0.15, -0.1) is 0 Å². The van der Waals surface area contributed by atoms with E-state index in [2.05, 4.69) is 15.6 Å². The number of aromatic nitrogens is 1. The fourth-order valence-corrected chi connectivity index (χ4v) is 1.85. The summed E-state index contributed by atoms with van der Waals surface area (Å²) in [6.07, 6.45) is 7.40. The summed E-state index contributed by atoms with van der Waals surface area (Å²) < 4.78 is 0. The standard InChI is InChI=1S/C11H17N3/c1-2-10(3-7-12-6-1)14-11-4-8-13-9-5-11/h4-5,8-10,12H,1-3,6-7H2,(H,13,14). The van der Waals surface area contributed by atoms with Crippen LogP contribution in [-0.4, -0.2) is 24.1 Å². The highest BCUT2D eigenvalue weighted by Crippen LogP contribution is 2.12. The van der Waals surface area contributed by atoms with E-state index in [4.69, 9.17) is 0 Å². The van der Waals surface area contributed by atoms with E-state index in [1.807, 2.05) is 24.5 Å². The minimum absolute atomic E-state index is 0.618. The molecule has 1 aliphatic heterocycles. The van der Waals surface area contributed by atoms with Crippen LogP contribution in [0.5, 0.6) is 0 Å². The molecule has 14 heavy (non-hydrogen) atoms. The van der Waals surface area contributed by atoms with Gasteiger partial charge in [-0.2, -0.15) is 0 Å². The summed E-state index contributed by atoms with van der Waals surface area (Å²) in [5, 5.41) is 6.95. The van der Waals surface area contributed by atoms with Crippen LogP contribution in [0.4, 0.5) is 5.69 Å². The van der Waals surface area contributed by atoms with Crippen LogP contribution >= 0.6 is 0 Å². The Labute approximate surface area is 84.9 Å². The van der Waals surface area contributed by atoms with Crippen LogP contribution in [0, 0.1) is 0 Å². The minimum Gasteiger partial charge on any atom is -0.382 e. The molecule has 2 N–H and O–H groups in total. The van der Waals surface area contributed by atoms with Crippen LogP contribution in [0.2, 0.25) is 0 Å². The molecular formula is C11H17N3. The van der Waals surface area contributed by atoms with Crippen molar-refractivity contribution in [1.29, 1.82) is 0 Å². The molecular weight excluding hydrogens is 174 g/mol. The largest absolute Gasteiger partial charge is 0.382 e. The van der Waals surface area contributed by atoms with Crippen molar-refractivity contribution >= 4 is 5.69 Å². The van der Waals surface area contributed by atoms with Gasteiger partial charge in [-0.25, -0.2) is 0 Å². The highest BCUT2D eigenvalue weighted by atomic mass is 14.9. The van der Waals surface area contributed by atoms with Gasteiger partial charge in [0.25, 0.3) is 0 Å². The monoisotopic (exact) mass is 191 g/mol. The molecule has 1 fully saturated rings. The molecule has 1 saturated heterocycles. The summed E-state index contributed by atoms with van der Waals surface area (Å²) >= 11 is 0. The first-order valence-corrected chi connectivity index (χ1v) is 5.32. The number of hydrogen-bond acceptors (Lipinski definition) is 3. The van der Waals surface area contributed by atoms with Gasteiger partial charge in [-0.05, 0) is 44.5 Å². The van der Waals surface area contributed by atoms with E-state index < -0.39 is 0 Å². The molecule has 1 unspecified atom stereocenters. The first-order chi connectivity index (χ1) is 6.95. The van der Waals surface area contributed by atoms with Gasteiger partial charge < -0.3 is 10.6 Å². The lowest BCUT2D eigenvalue weighted by Crippen LogP contribution is -2.21. The smallest absolute Gasteiger partial charge is 0.0373 e. The van der Waals surface area contributed by atoms with Gasteiger partial charge in [0.15, 0.2) is 0 Å². The van der Waals surface area contributed by atoms with Crippen LogP contribution in [0.1, 0.15) is 19.3 Å². The summed E-state index contributed by atoms with van der Waals surface area (Å²) in [6.45, 7) is 2.29. The zero-order valence-electron chi connectivity index (χ0n) is 8.37. The van der Waals surface area contributed by atoms with E-state index >= 15 is 0 Å². The lowest BCUT2D eigenvalue weighted by atomic mass is 10.1. The molecule has 0 aromatic carbocycles. The Hall–Kier alpha value is -1.09. The molecule has 0 radical (unpaired) electrons. The summed E-state index contributed by atoms with van der Waals surface area (Å²) in [7, 11) is 0. The number of nitrogens with one attached hydrogen (secondary N) is 2. The van der Waals surface area contributed by atoms with Crippen LogP contribution in [0.3, 0.4) is 0 Å². The van der Waals surface area contributed by atoms with E-state index in [1.54, 1.807) is 0 Å². The van der Waals surface area contributed by atoms with Crippen LogP contribution < -0.4 is 10.6 Å². The molecule has 0 bridgehead atoms. The van der Waals surface area contributed by atoms with Crippen LogP contribution in [-0.2, 0) is 0 Å². The van der Waals surface area contributed by atoms with E-state index in [-0.39, 0.29) is 0 Å². The van der Waals surface area contributed by atoms with Crippen molar-refractivity contribution in [3.63, 3.8) is 0 Å². The van der Waals surface area contributed by atoms with E-state index in [1.165, 1.54) is 24.9 Å². The van der Waals surface area contributed by atoms with Crippen molar-refractivity contribution in [3.05, 3.63) is 24.5 Å². The third-order valence-electron chi connectivity index (χ3n) is 2.63. The van der Waals surface area contributed by atoms with Crippen molar-refractivity contribution in [2.45, 2.75) is 25.3 Å². The SMILES string of the molecule is c1cc(NC2CCCNCC2)ccn1. The zero-order valence-corrected chi connectivity index (χ0v) is 8.37. The Kier molecular flexibility index (Phi) is 3.35. The molecule has 3 nitrogen and oxygen atoms in total. The molecule has 2 rings (SSSR count). The molecule has 76 valence electrons. The summed E-state index contributed by atoms with van der Waals surface area (Å²) in [5.41, 5.74) is 1.19. The normalized spacial score (nSPS) is 22.7. The summed E-state index contributed by atoms with van der Waals surface area (Å²) in [6, 6.07) is 4.67. The Morgan fingerprint density at radius 3 is 2.93 bits per heavy atom. The molecule has 0 amide bonds. The van der Waals surface area contributed by atoms with Crippen molar-refractivity contribution < 1.29 is 0 Å². The first kappa shape index (κ1) is 9.46. The fourth-order valence-electron chi connectivity index (χ4n) is 1.85. The molecule has 1 aliphatic rings. The number of rotatable bonds is 2. The van der Waals surface area contributed by atoms with Gasteiger partial charge in [0.1, 0.15) is 0 Å². The Balaban J connectivity index is 1.90. The van der Waals surface area contributed by atoms with E-state index in [0.717, 1.165) is 13.1 Å². The average molecular weight is 191 g/mol. The number of nitrogens with zero attached hydrogens (tertiary/aromatic N) is 1. The van der Waals surface area contributed by atoms with Crippen molar-refractivity contribution in [1.82, 2.24) is 10.3 Å². The molecule has 2 heterocycles. The van der Waals surface area contributed by atoms with Gasteiger partial charge in [0.05, 0.1) is 0 Å². The topological polar surface area (TPSA) is 37.0 Å². The molecule has 3 heteroatoms. The predicted octanol–water partition coefficient (Wildman–Crippen LogP) is 1.64. The maximum atomic E-state index is 4.00. The first-order valence-electron chi connectivity index (χ1n) is 5.32. The zero-order chi connectivity index (χ0) is 9.64. The van der Waals surface area contributed by atoms with Crippen molar-refractivity contribution in [2.75, 3.05) is 18.4 Å². The van der Waals surface area contributed by atoms with Crippen LogP contribution in [0.25, 0.3) is 0 Å². The maximum Gasteiger partial charge on any atom is 0.0373 e. The van der Waals surface area contributed by atoms with Gasteiger partial charge in [-0.3, -0.25) is 4.98 Å². The quantitative estimate of drug-likeness (QED) is 0.746. The number of hydrogen-bond donors (Lipinski definition) is 2. The molecule has 0 spiro atoms. The van der Waals surface area contributed by atoms with Crippen molar-refractivity contribution in [3.8, 4) is 0 Å². The maximum absolute atomic E-state index is 4.00. The molecule has 1 atom stereocenters. The summed E-state index contributed by atoms with van der Waals surface area (Å²) in [4.78, 5) is 4.00. The highest BCUT2D eigenvalue weighted by molar-refractivity contribution is 5.41. The van der Waals surface area contributed by atoms with E-state index in [0.29, 0.717) is 6.04 Å². The Morgan fingerprint density at radius 2 is 2.07 bits per heavy atom. The number of anilines is 1. The average Bonchev–Trinajstić information content (AvgIpc) is 2.48. The molecule has 0 saturated carbocycles. The predicted molar refractivity (Wildman–Crippen MR) is 58.4 cm³/mol. The van der Waals surface area contributed by atoms with Gasteiger partial charge in [-0.1, -0.05) is 0 Å². The van der Waals surface area contributed by atoms with Crippen LogP contribution in [0.15, 0.2) is 24.5 Å². The van der Waals surface area contributed by atoms with Gasteiger partial charge in [0.2, 0.25) is 0 Å². The number of pyridine rings is 1. The second kappa shape index (κ2) is 4.96. The fraction of sp³-hybridized carbons (Fsp3) is 0.545. The van der Waals surface area contributed by atoms with E-state index in [9.17, 15) is 0 Å². The second-order valence-corrected chi connectivity index (χ2v) is 3.76. The van der Waals surface area contributed by atoms with Gasteiger partial charge in [0, 0.05) is 24.1 Å². The summed E-state index contributed by atoms with van der Waals surface area (Å²) in [5.74, 6) is 0. The third kappa shape index (κ3) is 2.70. The lowest BCUT2D eigenvalue weighted by Gasteiger charge is -2.16. The van der Waals surface area contributed by atoms with Crippen molar-refractivity contribution in [2.24, 2.45) is 0 Å².